The van der Waals surface area contributed by atoms with E-state index < -0.39 is 0 Å². The molecule has 4 heteroatoms. The summed E-state index contributed by atoms with van der Waals surface area (Å²) in [6.07, 6.45) is 2.44. The molecule has 18 heavy (non-hydrogen) atoms. The first-order chi connectivity index (χ1) is 8.66. The van der Waals surface area contributed by atoms with E-state index in [4.69, 9.17) is 0 Å². The van der Waals surface area contributed by atoms with Crippen molar-refractivity contribution in [1.82, 2.24) is 14.9 Å². The number of nitrogens with zero attached hydrogens (tertiary/aromatic N) is 2. The van der Waals surface area contributed by atoms with Crippen LogP contribution in [0.1, 0.15) is 31.6 Å². The highest BCUT2D eigenvalue weighted by Gasteiger charge is 2.26. The zero-order chi connectivity index (χ0) is 12.7. The molecular formula is C14H18FN3. The summed E-state index contributed by atoms with van der Waals surface area (Å²) in [4.78, 5) is 4.66. The van der Waals surface area contributed by atoms with Crippen LogP contribution in [-0.2, 0) is 7.05 Å². The Hall–Kier alpha value is -1.42. The normalized spacial score (nSPS) is 24.6. The monoisotopic (exact) mass is 247 g/mol. The van der Waals surface area contributed by atoms with Crippen LogP contribution >= 0.6 is 0 Å². The van der Waals surface area contributed by atoms with Gasteiger partial charge < -0.3 is 9.88 Å². The number of imidazole rings is 1. The molecule has 0 bridgehead atoms. The Balaban J connectivity index is 2.08. The fraction of sp³-hybridized carbons (Fsp3) is 0.500. The summed E-state index contributed by atoms with van der Waals surface area (Å²) in [5, 5.41) is 3.52. The van der Waals surface area contributed by atoms with E-state index in [1.807, 2.05) is 11.6 Å². The second-order valence-electron chi connectivity index (χ2n) is 5.21. The summed E-state index contributed by atoms with van der Waals surface area (Å²) in [5.74, 6) is 1.38. The molecule has 3 nitrogen and oxygen atoms in total. The summed E-state index contributed by atoms with van der Waals surface area (Å²) >= 11 is 0. The van der Waals surface area contributed by atoms with E-state index in [9.17, 15) is 4.39 Å². The highest BCUT2D eigenvalue weighted by atomic mass is 19.1. The molecular weight excluding hydrogens is 229 g/mol. The van der Waals surface area contributed by atoms with E-state index in [0.29, 0.717) is 5.92 Å². The maximum atomic E-state index is 13.3. The third-order valence-corrected chi connectivity index (χ3v) is 3.93. The van der Waals surface area contributed by atoms with Crippen LogP contribution in [-0.4, -0.2) is 16.1 Å². The molecule has 0 aliphatic carbocycles. The van der Waals surface area contributed by atoms with Gasteiger partial charge in [0, 0.05) is 7.05 Å². The van der Waals surface area contributed by atoms with Crippen molar-refractivity contribution >= 4 is 11.0 Å². The lowest BCUT2D eigenvalue weighted by Gasteiger charge is -2.29. The average molecular weight is 247 g/mol. The summed E-state index contributed by atoms with van der Waals surface area (Å²) in [6, 6.07) is 5.05. The van der Waals surface area contributed by atoms with Crippen LogP contribution in [0.15, 0.2) is 18.2 Å². The number of benzene rings is 1. The van der Waals surface area contributed by atoms with Crippen LogP contribution in [0.3, 0.4) is 0 Å². The van der Waals surface area contributed by atoms with E-state index in [2.05, 4.69) is 17.2 Å². The zero-order valence-corrected chi connectivity index (χ0v) is 10.8. The minimum Gasteiger partial charge on any atom is -0.330 e. The number of hydrogen-bond acceptors (Lipinski definition) is 2. The highest BCUT2D eigenvalue weighted by Crippen LogP contribution is 2.30. The maximum absolute atomic E-state index is 13.3. The molecule has 0 amide bonds. The van der Waals surface area contributed by atoms with Gasteiger partial charge in [0.15, 0.2) is 0 Å². The molecule has 0 spiro atoms. The molecule has 0 saturated carbocycles. The second-order valence-corrected chi connectivity index (χ2v) is 5.21. The minimum atomic E-state index is -0.207. The quantitative estimate of drug-likeness (QED) is 0.839. The number of piperidine rings is 1. The van der Waals surface area contributed by atoms with Gasteiger partial charge in [-0.05, 0) is 43.5 Å². The number of aryl methyl sites for hydroxylation is 1. The van der Waals surface area contributed by atoms with Crippen molar-refractivity contribution in [1.29, 1.82) is 0 Å². The van der Waals surface area contributed by atoms with Crippen LogP contribution in [0, 0.1) is 11.7 Å². The summed E-state index contributed by atoms with van der Waals surface area (Å²) in [6.45, 7) is 3.28. The predicted octanol–water partition coefficient (Wildman–Crippen LogP) is 2.77. The summed E-state index contributed by atoms with van der Waals surface area (Å²) < 4.78 is 15.3. The van der Waals surface area contributed by atoms with E-state index >= 15 is 0 Å². The molecule has 2 heterocycles. The molecule has 1 fully saturated rings. The molecule has 96 valence electrons. The van der Waals surface area contributed by atoms with Gasteiger partial charge in [-0.1, -0.05) is 6.92 Å². The van der Waals surface area contributed by atoms with Crippen LogP contribution in [0.2, 0.25) is 0 Å². The van der Waals surface area contributed by atoms with Crippen molar-refractivity contribution in [2.24, 2.45) is 13.0 Å². The number of rotatable bonds is 1. The molecule has 1 N–H and O–H groups in total. The fourth-order valence-corrected chi connectivity index (χ4v) is 2.85. The van der Waals surface area contributed by atoms with Gasteiger partial charge in [0.2, 0.25) is 0 Å². The van der Waals surface area contributed by atoms with Gasteiger partial charge in [0.05, 0.1) is 17.1 Å². The van der Waals surface area contributed by atoms with Gasteiger partial charge in [-0.15, -0.1) is 0 Å². The third kappa shape index (κ3) is 1.81. The van der Waals surface area contributed by atoms with Gasteiger partial charge in [0.25, 0.3) is 0 Å². The lowest BCUT2D eigenvalue weighted by atomic mass is 9.92. The Morgan fingerprint density at radius 3 is 3.06 bits per heavy atom. The van der Waals surface area contributed by atoms with Gasteiger partial charge in [0.1, 0.15) is 11.6 Å². The molecule has 1 aromatic carbocycles. The van der Waals surface area contributed by atoms with Gasteiger partial charge in [-0.2, -0.15) is 0 Å². The Kier molecular flexibility index (Phi) is 2.82. The van der Waals surface area contributed by atoms with Crippen molar-refractivity contribution in [2.75, 3.05) is 6.54 Å². The number of hydrogen-bond donors (Lipinski definition) is 1. The van der Waals surface area contributed by atoms with Crippen LogP contribution in [0.5, 0.6) is 0 Å². The molecule has 3 rings (SSSR count). The molecule has 0 radical (unpaired) electrons. The number of nitrogens with one attached hydrogen (secondary N) is 1. The smallest absolute Gasteiger partial charge is 0.127 e. The lowest BCUT2D eigenvalue weighted by Crippen LogP contribution is -2.34. The number of fused-ring (bicyclic) bond motifs is 1. The first kappa shape index (κ1) is 11.7. The van der Waals surface area contributed by atoms with Crippen molar-refractivity contribution in [3.63, 3.8) is 0 Å². The molecule has 1 saturated heterocycles. The predicted molar refractivity (Wildman–Crippen MR) is 69.8 cm³/mol. The molecule has 2 aromatic rings. The highest BCUT2D eigenvalue weighted by molar-refractivity contribution is 5.76. The fourth-order valence-electron chi connectivity index (χ4n) is 2.85. The van der Waals surface area contributed by atoms with E-state index in [0.717, 1.165) is 23.4 Å². The molecule has 1 aliphatic rings. The van der Waals surface area contributed by atoms with Gasteiger partial charge in [-0.25, -0.2) is 9.37 Å². The largest absolute Gasteiger partial charge is 0.330 e. The topological polar surface area (TPSA) is 29.9 Å². The Morgan fingerprint density at radius 1 is 1.44 bits per heavy atom. The van der Waals surface area contributed by atoms with Gasteiger partial charge >= 0.3 is 0 Å². The zero-order valence-electron chi connectivity index (χ0n) is 10.8. The molecule has 2 atom stereocenters. The Bertz CT molecular complexity index is 576. The first-order valence-electron chi connectivity index (χ1n) is 6.52. The van der Waals surface area contributed by atoms with Crippen LogP contribution < -0.4 is 5.32 Å². The number of halogens is 1. The molecule has 1 aromatic heterocycles. The number of aromatic nitrogens is 2. The minimum absolute atomic E-state index is 0.207. The van der Waals surface area contributed by atoms with Crippen molar-refractivity contribution in [2.45, 2.75) is 25.8 Å². The maximum Gasteiger partial charge on any atom is 0.127 e. The Labute approximate surface area is 106 Å². The lowest BCUT2D eigenvalue weighted by molar-refractivity contribution is 0.291. The van der Waals surface area contributed by atoms with Crippen LogP contribution in [0.25, 0.3) is 11.0 Å². The van der Waals surface area contributed by atoms with Crippen molar-refractivity contribution < 1.29 is 4.39 Å². The standard InChI is InChI=1S/C14H18FN3/c1-9-4-3-7-16-13(9)14-17-11-6-5-10(15)8-12(11)18(14)2/h5-6,8-9,13,16H,3-4,7H2,1-2H3. The van der Waals surface area contributed by atoms with E-state index in [1.54, 1.807) is 12.1 Å². The molecule has 1 aliphatic heterocycles. The summed E-state index contributed by atoms with van der Waals surface area (Å²) in [7, 11) is 1.97. The van der Waals surface area contributed by atoms with E-state index in [1.165, 1.54) is 18.9 Å². The van der Waals surface area contributed by atoms with Crippen molar-refractivity contribution in [3.8, 4) is 0 Å². The van der Waals surface area contributed by atoms with E-state index in [-0.39, 0.29) is 11.9 Å². The van der Waals surface area contributed by atoms with Crippen molar-refractivity contribution in [3.05, 3.63) is 29.8 Å². The SMILES string of the molecule is CC1CCCNC1c1nc2ccc(F)cc2n1C. The van der Waals surface area contributed by atoms with Gasteiger partial charge in [-0.3, -0.25) is 0 Å². The molecule has 2 unspecified atom stereocenters. The second kappa shape index (κ2) is 4.35. The third-order valence-electron chi connectivity index (χ3n) is 3.93. The summed E-state index contributed by atoms with van der Waals surface area (Å²) in [5.41, 5.74) is 1.73. The average Bonchev–Trinajstić information content (AvgIpc) is 2.68. The van der Waals surface area contributed by atoms with Crippen LogP contribution in [0.4, 0.5) is 4.39 Å². The first-order valence-corrected chi connectivity index (χ1v) is 6.52. The Morgan fingerprint density at radius 2 is 2.28 bits per heavy atom.